The summed E-state index contributed by atoms with van der Waals surface area (Å²) in [6.07, 6.45) is 1.17. The summed E-state index contributed by atoms with van der Waals surface area (Å²) < 4.78 is 0. The summed E-state index contributed by atoms with van der Waals surface area (Å²) in [5.41, 5.74) is 1.65. The first-order chi connectivity index (χ1) is 13.4. The minimum atomic E-state index is -0.520. The molecule has 28 heavy (non-hydrogen) atoms. The summed E-state index contributed by atoms with van der Waals surface area (Å²) in [6.45, 7) is 1.15. The number of piperidine rings is 1. The molecule has 8 nitrogen and oxygen atoms in total. The lowest BCUT2D eigenvalue weighted by atomic mass is 10.1. The van der Waals surface area contributed by atoms with Crippen LogP contribution in [0.5, 0.6) is 0 Å². The molecule has 0 saturated carbocycles. The van der Waals surface area contributed by atoms with Crippen molar-refractivity contribution in [2.45, 2.75) is 25.4 Å². The van der Waals surface area contributed by atoms with Crippen LogP contribution < -0.4 is 5.32 Å². The molecule has 2 N–H and O–H groups in total. The number of nitrogens with zero attached hydrogens (tertiary/aromatic N) is 2. The maximum atomic E-state index is 12.3. The van der Waals surface area contributed by atoms with E-state index in [-0.39, 0.29) is 30.0 Å². The first kappa shape index (κ1) is 19.5. The van der Waals surface area contributed by atoms with Crippen molar-refractivity contribution >= 4 is 23.2 Å². The number of amides is 2. The third kappa shape index (κ3) is 4.92. The first-order valence-electron chi connectivity index (χ1n) is 9.03. The van der Waals surface area contributed by atoms with Gasteiger partial charge >= 0.3 is 0 Å². The average Bonchev–Trinajstić information content (AvgIpc) is 2.70. The Bertz CT molecular complexity index is 856. The van der Waals surface area contributed by atoms with E-state index < -0.39 is 4.92 Å². The van der Waals surface area contributed by atoms with E-state index in [1.54, 1.807) is 29.2 Å². The van der Waals surface area contributed by atoms with E-state index in [2.05, 4.69) is 5.32 Å². The zero-order valence-electron chi connectivity index (χ0n) is 15.2. The number of aliphatic hydroxyl groups is 1. The molecule has 0 radical (unpaired) electrons. The van der Waals surface area contributed by atoms with Gasteiger partial charge < -0.3 is 15.3 Å². The van der Waals surface area contributed by atoms with Crippen molar-refractivity contribution in [1.82, 2.24) is 4.90 Å². The Morgan fingerprint density at radius 3 is 2.25 bits per heavy atom. The average molecular weight is 383 g/mol. The van der Waals surface area contributed by atoms with E-state index in [0.717, 1.165) is 5.56 Å². The molecule has 1 saturated heterocycles. The molecule has 1 fully saturated rings. The van der Waals surface area contributed by atoms with Crippen molar-refractivity contribution in [2.75, 3.05) is 18.4 Å². The van der Waals surface area contributed by atoms with Crippen molar-refractivity contribution in [1.29, 1.82) is 0 Å². The largest absolute Gasteiger partial charge is 0.393 e. The number of nitro groups is 1. The van der Waals surface area contributed by atoms with Crippen molar-refractivity contribution in [3.63, 3.8) is 0 Å². The predicted molar refractivity (Wildman–Crippen MR) is 103 cm³/mol. The normalized spacial score (nSPS) is 14.5. The molecule has 0 spiro atoms. The number of nitro benzene ring substituents is 1. The predicted octanol–water partition coefficient (Wildman–Crippen LogP) is 2.37. The van der Waals surface area contributed by atoms with Gasteiger partial charge in [0, 0.05) is 36.5 Å². The number of hydrogen-bond acceptors (Lipinski definition) is 5. The third-order valence-electron chi connectivity index (χ3n) is 4.72. The second kappa shape index (κ2) is 8.62. The Morgan fingerprint density at radius 2 is 1.68 bits per heavy atom. The van der Waals surface area contributed by atoms with Gasteiger partial charge in [0.1, 0.15) is 0 Å². The van der Waals surface area contributed by atoms with E-state index in [0.29, 0.717) is 37.2 Å². The quantitative estimate of drug-likeness (QED) is 0.608. The second-order valence-electron chi connectivity index (χ2n) is 6.74. The molecule has 2 aromatic carbocycles. The highest BCUT2D eigenvalue weighted by molar-refractivity contribution is 6.04. The highest BCUT2D eigenvalue weighted by atomic mass is 16.6. The van der Waals surface area contributed by atoms with Gasteiger partial charge in [-0.25, -0.2) is 0 Å². The molecular weight excluding hydrogens is 362 g/mol. The fourth-order valence-corrected chi connectivity index (χ4v) is 3.05. The molecular formula is C20H21N3O5. The summed E-state index contributed by atoms with van der Waals surface area (Å²) >= 11 is 0. The maximum Gasteiger partial charge on any atom is 0.269 e. The van der Waals surface area contributed by atoms with E-state index in [1.165, 1.54) is 24.3 Å². The lowest BCUT2D eigenvalue weighted by Crippen LogP contribution is -2.40. The minimum absolute atomic E-state index is 0.0227. The van der Waals surface area contributed by atoms with Crippen molar-refractivity contribution < 1.29 is 19.6 Å². The van der Waals surface area contributed by atoms with E-state index in [4.69, 9.17) is 0 Å². The van der Waals surface area contributed by atoms with E-state index in [1.807, 2.05) is 0 Å². The lowest BCUT2D eigenvalue weighted by Gasteiger charge is -2.29. The van der Waals surface area contributed by atoms with Crippen LogP contribution >= 0.6 is 0 Å². The standard InChI is InChI=1S/C20H21N3O5/c24-18-9-11-22(12-10-18)19(25)13-14-1-5-16(6-2-14)21-20(26)15-3-7-17(8-4-15)23(27)28/h1-8,18,24H,9-13H2,(H,21,26). The molecule has 0 aromatic heterocycles. The first-order valence-corrected chi connectivity index (χ1v) is 9.03. The summed E-state index contributed by atoms with van der Waals surface area (Å²) in [4.78, 5) is 36.5. The maximum absolute atomic E-state index is 12.3. The topological polar surface area (TPSA) is 113 Å². The molecule has 146 valence electrons. The third-order valence-corrected chi connectivity index (χ3v) is 4.72. The SMILES string of the molecule is O=C(Nc1ccc(CC(=O)N2CCC(O)CC2)cc1)c1ccc([N+](=O)[O-])cc1. The van der Waals surface area contributed by atoms with Crippen LogP contribution in [0.4, 0.5) is 11.4 Å². The molecule has 0 unspecified atom stereocenters. The monoisotopic (exact) mass is 383 g/mol. The Hall–Kier alpha value is -3.26. The van der Waals surface area contributed by atoms with Crippen LogP contribution in [0.2, 0.25) is 0 Å². The summed E-state index contributed by atoms with van der Waals surface area (Å²) in [7, 11) is 0. The summed E-state index contributed by atoms with van der Waals surface area (Å²) in [5.74, 6) is -0.347. The highest BCUT2D eigenvalue weighted by Gasteiger charge is 2.21. The molecule has 8 heteroatoms. The Morgan fingerprint density at radius 1 is 1.07 bits per heavy atom. The number of hydrogen-bond donors (Lipinski definition) is 2. The van der Waals surface area contributed by atoms with Crippen LogP contribution in [0.1, 0.15) is 28.8 Å². The fraction of sp³-hybridized carbons (Fsp3) is 0.300. The molecule has 1 aliphatic rings. The number of likely N-dealkylation sites (tertiary alicyclic amines) is 1. The van der Waals surface area contributed by atoms with Gasteiger partial charge in [-0.3, -0.25) is 19.7 Å². The molecule has 0 aliphatic carbocycles. The van der Waals surface area contributed by atoms with Crippen LogP contribution in [0, 0.1) is 10.1 Å². The zero-order chi connectivity index (χ0) is 20.1. The highest BCUT2D eigenvalue weighted by Crippen LogP contribution is 2.16. The number of nitrogens with one attached hydrogen (secondary N) is 1. The number of carbonyl (C=O) groups is 2. The van der Waals surface area contributed by atoms with Crippen molar-refractivity contribution in [2.24, 2.45) is 0 Å². The fourth-order valence-electron chi connectivity index (χ4n) is 3.05. The molecule has 1 heterocycles. The Kier molecular flexibility index (Phi) is 6.00. The molecule has 1 aliphatic heterocycles. The smallest absolute Gasteiger partial charge is 0.269 e. The van der Waals surface area contributed by atoms with Crippen molar-refractivity contribution in [3.05, 3.63) is 69.8 Å². The van der Waals surface area contributed by atoms with E-state index >= 15 is 0 Å². The van der Waals surface area contributed by atoms with Gasteiger partial charge in [0.15, 0.2) is 0 Å². The van der Waals surface area contributed by atoms with Gasteiger partial charge in [0.05, 0.1) is 17.4 Å². The Balaban J connectivity index is 1.55. The van der Waals surface area contributed by atoms with Gasteiger partial charge in [-0.1, -0.05) is 12.1 Å². The molecule has 2 aromatic rings. The number of carbonyl (C=O) groups excluding carboxylic acids is 2. The zero-order valence-corrected chi connectivity index (χ0v) is 15.2. The number of benzene rings is 2. The summed E-state index contributed by atoms with van der Waals surface area (Å²) in [6, 6.07) is 12.3. The van der Waals surface area contributed by atoms with Crippen LogP contribution in [-0.4, -0.2) is 45.9 Å². The molecule has 0 bridgehead atoms. The van der Waals surface area contributed by atoms with Crippen LogP contribution in [0.25, 0.3) is 0 Å². The summed E-state index contributed by atoms with van der Waals surface area (Å²) in [5, 5.41) is 22.9. The number of aliphatic hydroxyl groups excluding tert-OH is 1. The molecule has 3 rings (SSSR count). The lowest BCUT2D eigenvalue weighted by molar-refractivity contribution is -0.384. The second-order valence-corrected chi connectivity index (χ2v) is 6.74. The van der Waals surface area contributed by atoms with Gasteiger partial charge in [-0.15, -0.1) is 0 Å². The van der Waals surface area contributed by atoms with Gasteiger partial charge in [0.2, 0.25) is 5.91 Å². The van der Waals surface area contributed by atoms with Crippen LogP contribution in [0.3, 0.4) is 0 Å². The van der Waals surface area contributed by atoms with Crippen LogP contribution in [-0.2, 0) is 11.2 Å². The van der Waals surface area contributed by atoms with E-state index in [9.17, 15) is 24.8 Å². The minimum Gasteiger partial charge on any atom is -0.393 e. The number of non-ortho nitro benzene ring substituents is 1. The van der Waals surface area contributed by atoms with Gasteiger partial charge in [-0.2, -0.15) is 0 Å². The van der Waals surface area contributed by atoms with Crippen molar-refractivity contribution in [3.8, 4) is 0 Å². The molecule has 0 atom stereocenters. The Labute approximate surface area is 161 Å². The van der Waals surface area contributed by atoms with Gasteiger partial charge in [0.25, 0.3) is 11.6 Å². The van der Waals surface area contributed by atoms with Gasteiger partial charge in [-0.05, 0) is 42.7 Å². The number of anilines is 1. The van der Waals surface area contributed by atoms with Crippen LogP contribution in [0.15, 0.2) is 48.5 Å². The number of rotatable bonds is 5. The molecule has 2 amide bonds.